The fourth-order valence-electron chi connectivity index (χ4n) is 2.39. The lowest BCUT2D eigenvalue weighted by Gasteiger charge is -2.24. The predicted molar refractivity (Wildman–Crippen MR) is 80.4 cm³/mol. The monoisotopic (exact) mass is 302 g/mol. The third-order valence-corrected chi connectivity index (χ3v) is 4.15. The Balaban J connectivity index is 2.11. The maximum Gasteiger partial charge on any atom is 0.357 e. The molecule has 1 aliphatic carbocycles. The molecule has 0 saturated heterocycles. The first kappa shape index (κ1) is 14.0. The number of esters is 1. The SMILES string of the molecule is COC(=O)c1nc(C2CCC2)ncc1-c1ccccc1Cl. The summed E-state index contributed by atoms with van der Waals surface area (Å²) in [4.78, 5) is 20.9. The maximum atomic E-state index is 12.0. The number of hydrogen-bond acceptors (Lipinski definition) is 4. The molecule has 3 rings (SSSR count). The predicted octanol–water partition coefficient (Wildman–Crippen LogP) is 3.85. The summed E-state index contributed by atoms with van der Waals surface area (Å²) < 4.78 is 4.85. The van der Waals surface area contributed by atoms with E-state index in [-0.39, 0.29) is 5.69 Å². The summed E-state index contributed by atoms with van der Waals surface area (Å²) in [6.45, 7) is 0. The zero-order valence-corrected chi connectivity index (χ0v) is 12.4. The van der Waals surface area contributed by atoms with Crippen LogP contribution in [-0.2, 0) is 4.74 Å². The highest BCUT2D eigenvalue weighted by Crippen LogP contribution is 2.36. The number of hydrogen-bond donors (Lipinski definition) is 0. The van der Waals surface area contributed by atoms with E-state index in [1.54, 1.807) is 12.3 Å². The molecule has 0 spiro atoms. The third kappa shape index (κ3) is 2.63. The van der Waals surface area contributed by atoms with Crippen LogP contribution in [0.5, 0.6) is 0 Å². The van der Waals surface area contributed by atoms with Crippen LogP contribution in [0, 0.1) is 0 Å². The second-order valence-electron chi connectivity index (χ2n) is 5.09. The van der Waals surface area contributed by atoms with Crippen LogP contribution in [0.4, 0.5) is 0 Å². The zero-order valence-electron chi connectivity index (χ0n) is 11.7. The Hall–Kier alpha value is -1.94. The van der Waals surface area contributed by atoms with Crippen LogP contribution in [0.25, 0.3) is 11.1 Å². The highest BCUT2D eigenvalue weighted by molar-refractivity contribution is 6.33. The van der Waals surface area contributed by atoms with Crippen LogP contribution in [0.1, 0.15) is 41.5 Å². The molecule has 1 fully saturated rings. The number of carbonyl (C=O) groups is 1. The summed E-state index contributed by atoms with van der Waals surface area (Å²) in [5.74, 6) is 0.610. The molecule has 1 aromatic heterocycles. The Morgan fingerprint density at radius 2 is 2.05 bits per heavy atom. The molecule has 108 valence electrons. The van der Waals surface area contributed by atoms with Crippen LogP contribution in [0.2, 0.25) is 5.02 Å². The lowest BCUT2D eigenvalue weighted by Crippen LogP contribution is -2.16. The first-order valence-corrected chi connectivity index (χ1v) is 7.28. The molecule has 5 heteroatoms. The smallest absolute Gasteiger partial charge is 0.357 e. The lowest BCUT2D eigenvalue weighted by molar-refractivity contribution is 0.0594. The molecule has 0 radical (unpaired) electrons. The van der Waals surface area contributed by atoms with Gasteiger partial charge in [0.25, 0.3) is 0 Å². The highest BCUT2D eigenvalue weighted by Gasteiger charge is 2.25. The number of halogens is 1. The molecule has 0 N–H and O–H groups in total. The minimum atomic E-state index is -0.465. The van der Waals surface area contributed by atoms with Crippen LogP contribution in [0.15, 0.2) is 30.5 Å². The van der Waals surface area contributed by atoms with Gasteiger partial charge in [-0.05, 0) is 18.9 Å². The van der Waals surface area contributed by atoms with Crippen molar-refractivity contribution < 1.29 is 9.53 Å². The number of ether oxygens (including phenoxy) is 1. The van der Waals surface area contributed by atoms with Crippen molar-refractivity contribution >= 4 is 17.6 Å². The first-order valence-electron chi connectivity index (χ1n) is 6.91. The Morgan fingerprint density at radius 1 is 1.29 bits per heavy atom. The fourth-order valence-corrected chi connectivity index (χ4v) is 2.63. The van der Waals surface area contributed by atoms with Crippen molar-refractivity contribution in [3.8, 4) is 11.1 Å². The van der Waals surface area contributed by atoms with E-state index < -0.39 is 5.97 Å². The molecule has 1 heterocycles. The Bertz CT molecular complexity index is 684. The van der Waals surface area contributed by atoms with E-state index in [0.717, 1.165) is 24.2 Å². The largest absolute Gasteiger partial charge is 0.464 e. The van der Waals surface area contributed by atoms with Crippen molar-refractivity contribution in [2.75, 3.05) is 7.11 Å². The molecule has 4 nitrogen and oxygen atoms in total. The third-order valence-electron chi connectivity index (χ3n) is 3.82. The standard InChI is InChI=1S/C16H15ClN2O2/c1-21-16(20)14-12(11-7-2-3-8-13(11)17)9-18-15(19-14)10-5-4-6-10/h2-3,7-10H,4-6H2,1H3. The number of methoxy groups -OCH3 is 1. The number of carbonyl (C=O) groups excluding carboxylic acids is 1. The van der Waals surface area contributed by atoms with Gasteiger partial charge in [0.2, 0.25) is 0 Å². The van der Waals surface area contributed by atoms with Gasteiger partial charge >= 0.3 is 5.97 Å². The molecule has 0 atom stereocenters. The quantitative estimate of drug-likeness (QED) is 0.808. The topological polar surface area (TPSA) is 52.1 Å². The van der Waals surface area contributed by atoms with Crippen LogP contribution in [0.3, 0.4) is 0 Å². The van der Waals surface area contributed by atoms with Crippen molar-refractivity contribution in [1.29, 1.82) is 0 Å². The Morgan fingerprint density at radius 3 is 2.67 bits per heavy atom. The van der Waals surface area contributed by atoms with Gasteiger partial charge in [-0.2, -0.15) is 0 Å². The molecule has 21 heavy (non-hydrogen) atoms. The molecule has 0 aliphatic heterocycles. The van der Waals surface area contributed by atoms with E-state index >= 15 is 0 Å². The van der Waals surface area contributed by atoms with E-state index in [9.17, 15) is 4.79 Å². The highest BCUT2D eigenvalue weighted by atomic mass is 35.5. The summed E-state index contributed by atoms with van der Waals surface area (Å²) in [6.07, 6.45) is 5.01. The van der Waals surface area contributed by atoms with Gasteiger partial charge in [-0.3, -0.25) is 0 Å². The molecular formula is C16H15ClN2O2. The van der Waals surface area contributed by atoms with Crippen molar-refractivity contribution in [2.45, 2.75) is 25.2 Å². The Kier molecular flexibility index (Phi) is 3.88. The summed E-state index contributed by atoms with van der Waals surface area (Å²) in [5, 5.41) is 0.558. The Labute approximate surface area is 128 Å². The number of benzene rings is 1. The van der Waals surface area contributed by atoms with Crippen LogP contribution >= 0.6 is 11.6 Å². The van der Waals surface area contributed by atoms with Gasteiger partial charge in [0, 0.05) is 28.3 Å². The molecule has 1 aromatic carbocycles. The second-order valence-corrected chi connectivity index (χ2v) is 5.50. The summed E-state index contributed by atoms with van der Waals surface area (Å²) in [7, 11) is 1.35. The van der Waals surface area contributed by atoms with Crippen LogP contribution in [-0.4, -0.2) is 23.0 Å². The fraction of sp³-hybridized carbons (Fsp3) is 0.312. The molecule has 1 saturated carbocycles. The molecular weight excluding hydrogens is 288 g/mol. The molecule has 0 bridgehead atoms. The van der Waals surface area contributed by atoms with Gasteiger partial charge < -0.3 is 4.74 Å². The van der Waals surface area contributed by atoms with E-state index in [2.05, 4.69) is 9.97 Å². The molecule has 0 amide bonds. The van der Waals surface area contributed by atoms with Crippen LogP contribution < -0.4 is 0 Å². The lowest BCUT2D eigenvalue weighted by atomic mass is 9.84. The van der Waals surface area contributed by atoms with Gasteiger partial charge in [-0.25, -0.2) is 14.8 Å². The summed E-state index contributed by atoms with van der Waals surface area (Å²) >= 11 is 6.21. The van der Waals surface area contributed by atoms with Crippen molar-refractivity contribution in [3.05, 3.63) is 47.0 Å². The van der Waals surface area contributed by atoms with Gasteiger partial charge in [-0.15, -0.1) is 0 Å². The number of nitrogens with zero attached hydrogens (tertiary/aromatic N) is 2. The molecule has 2 aromatic rings. The first-order chi connectivity index (χ1) is 10.2. The summed E-state index contributed by atoms with van der Waals surface area (Å²) in [5.41, 5.74) is 1.62. The number of aromatic nitrogens is 2. The second kappa shape index (κ2) is 5.82. The van der Waals surface area contributed by atoms with Gasteiger partial charge in [-0.1, -0.05) is 36.2 Å². The van der Waals surface area contributed by atoms with E-state index in [4.69, 9.17) is 16.3 Å². The minimum absolute atomic E-state index is 0.280. The van der Waals surface area contributed by atoms with Crippen molar-refractivity contribution in [2.24, 2.45) is 0 Å². The maximum absolute atomic E-state index is 12.0. The van der Waals surface area contributed by atoms with Gasteiger partial charge in [0.1, 0.15) is 5.82 Å². The van der Waals surface area contributed by atoms with E-state index in [0.29, 0.717) is 16.5 Å². The van der Waals surface area contributed by atoms with E-state index in [1.807, 2.05) is 18.2 Å². The van der Waals surface area contributed by atoms with Crippen molar-refractivity contribution in [3.63, 3.8) is 0 Å². The summed E-state index contributed by atoms with van der Waals surface area (Å²) in [6, 6.07) is 7.32. The molecule has 1 aliphatic rings. The van der Waals surface area contributed by atoms with Crippen molar-refractivity contribution in [1.82, 2.24) is 9.97 Å². The normalized spacial score (nSPS) is 14.6. The minimum Gasteiger partial charge on any atom is -0.464 e. The van der Waals surface area contributed by atoms with E-state index in [1.165, 1.54) is 13.5 Å². The number of rotatable bonds is 3. The zero-order chi connectivity index (χ0) is 14.8. The molecule has 0 unspecified atom stereocenters. The van der Waals surface area contributed by atoms with Gasteiger partial charge in [0.15, 0.2) is 5.69 Å². The van der Waals surface area contributed by atoms with Gasteiger partial charge in [0.05, 0.1) is 7.11 Å². The average Bonchev–Trinajstić information content (AvgIpc) is 2.45. The average molecular weight is 303 g/mol.